The molecule has 0 saturated carbocycles. The average molecular weight is 265 g/mol. The minimum Gasteiger partial charge on any atom is -0.388 e. The maximum Gasteiger partial charge on any atom is 0.254 e. The molecule has 3 rings (SSSR count). The highest BCUT2D eigenvalue weighted by Crippen LogP contribution is 2.29. The Labute approximate surface area is 109 Å². The van der Waals surface area contributed by atoms with E-state index < -0.39 is 11.8 Å². The van der Waals surface area contributed by atoms with Crippen LogP contribution >= 0.6 is 0 Å². The number of β-amino-alcohol motifs (C(OH)–C–C–N with tert-alkyl or cyclic N) is 1. The van der Waals surface area contributed by atoms with E-state index >= 15 is 0 Å². The molecule has 5 nitrogen and oxygen atoms in total. The molecule has 2 atom stereocenters. The van der Waals surface area contributed by atoms with Crippen molar-refractivity contribution in [1.82, 2.24) is 14.9 Å². The fraction of sp³-hybridized carbons (Fsp3) is 0.538. The first-order chi connectivity index (χ1) is 8.97. The minimum atomic E-state index is -1.57. The van der Waals surface area contributed by atoms with Crippen molar-refractivity contribution < 1.29 is 9.50 Å². The number of hydrogen-bond acceptors (Lipinski definition) is 4. The lowest BCUT2D eigenvalue weighted by molar-refractivity contribution is 0.0459. The summed E-state index contributed by atoms with van der Waals surface area (Å²) in [5.74, 6) is 0. The summed E-state index contributed by atoms with van der Waals surface area (Å²) in [6.07, 6.45) is 2.95. The molecule has 19 heavy (non-hydrogen) atoms. The zero-order chi connectivity index (χ0) is 13.6. The second-order valence-electron chi connectivity index (χ2n) is 5.46. The number of alkyl halides is 1. The van der Waals surface area contributed by atoms with Gasteiger partial charge in [-0.05, 0) is 18.9 Å². The number of nitrogens with one attached hydrogen (secondary N) is 1. The molecule has 2 aliphatic rings. The van der Waals surface area contributed by atoms with Gasteiger partial charge in [0.1, 0.15) is 11.8 Å². The van der Waals surface area contributed by atoms with E-state index in [1.807, 2.05) is 11.0 Å². The van der Waals surface area contributed by atoms with Gasteiger partial charge in [0.05, 0.1) is 12.0 Å². The third kappa shape index (κ3) is 2.11. The molecular formula is C13H16FN3O2. The third-order valence-electron chi connectivity index (χ3n) is 3.86. The van der Waals surface area contributed by atoms with Crippen LogP contribution in [0.1, 0.15) is 18.2 Å². The molecule has 0 amide bonds. The summed E-state index contributed by atoms with van der Waals surface area (Å²) in [6, 6.07) is 0. The highest BCUT2D eigenvalue weighted by molar-refractivity contribution is 5.70. The third-order valence-corrected chi connectivity index (χ3v) is 3.86. The van der Waals surface area contributed by atoms with Crippen LogP contribution < -0.4 is 5.56 Å². The molecule has 102 valence electrons. The molecule has 1 aromatic rings. The summed E-state index contributed by atoms with van der Waals surface area (Å²) in [5, 5.41) is 9.63. The first-order valence-corrected chi connectivity index (χ1v) is 6.32. The van der Waals surface area contributed by atoms with Gasteiger partial charge in [-0.25, -0.2) is 9.37 Å². The number of aliphatic hydroxyl groups is 1. The van der Waals surface area contributed by atoms with Crippen molar-refractivity contribution in [2.45, 2.75) is 25.1 Å². The van der Waals surface area contributed by atoms with E-state index in [0.717, 1.165) is 5.57 Å². The molecule has 1 aliphatic carbocycles. The second-order valence-corrected chi connectivity index (χ2v) is 5.46. The summed E-state index contributed by atoms with van der Waals surface area (Å²) < 4.78 is 13.9. The molecular weight excluding hydrogens is 249 g/mol. The van der Waals surface area contributed by atoms with Crippen molar-refractivity contribution in [3.05, 3.63) is 34.0 Å². The predicted octanol–water partition coefficient (Wildman–Crippen LogP) is 0.114. The molecule has 1 aliphatic heterocycles. The summed E-state index contributed by atoms with van der Waals surface area (Å²) in [6.45, 7) is 2.44. The Hall–Kier alpha value is -1.53. The van der Waals surface area contributed by atoms with Gasteiger partial charge in [0.2, 0.25) is 0 Å². The Morgan fingerprint density at radius 3 is 3.16 bits per heavy atom. The molecule has 0 radical (unpaired) electrons. The summed E-state index contributed by atoms with van der Waals surface area (Å²) in [5.41, 5.74) is 0.619. The van der Waals surface area contributed by atoms with Gasteiger partial charge < -0.3 is 10.1 Å². The fourth-order valence-electron chi connectivity index (χ4n) is 2.76. The van der Waals surface area contributed by atoms with Crippen LogP contribution in [0.5, 0.6) is 0 Å². The van der Waals surface area contributed by atoms with Gasteiger partial charge in [0.25, 0.3) is 5.56 Å². The molecule has 2 heterocycles. The number of aromatic amines is 1. The molecule has 2 N–H and O–H groups in total. The fourth-order valence-corrected chi connectivity index (χ4v) is 2.76. The maximum absolute atomic E-state index is 13.9. The zero-order valence-corrected chi connectivity index (χ0v) is 10.7. The number of hydrogen-bond donors (Lipinski definition) is 2. The number of fused-ring (bicyclic) bond motifs is 1. The van der Waals surface area contributed by atoms with Crippen molar-refractivity contribution in [3.63, 3.8) is 0 Å². The van der Waals surface area contributed by atoms with Gasteiger partial charge in [-0.2, -0.15) is 0 Å². The summed E-state index contributed by atoms with van der Waals surface area (Å²) >= 11 is 0. The average Bonchev–Trinajstić information content (AvgIpc) is 2.83. The number of likely N-dealkylation sites (tertiary alicyclic amines) is 1. The van der Waals surface area contributed by atoms with Crippen molar-refractivity contribution in [1.29, 1.82) is 0 Å². The monoisotopic (exact) mass is 265 g/mol. The van der Waals surface area contributed by atoms with Crippen LogP contribution in [0.25, 0.3) is 5.57 Å². The molecule has 0 spiro atoms. The van der Waals surface area contributed by atoms with Crippen LogP contribution in [0.3, 0.4) is 0 Å². The Morgan fingerprint density at radius 1 is 1.68 bits per heavy atom. The van der Waals surface area contributed by atoms with E-state index in [2.05, 4.69) is 9.97 Å². The topological polar surface area (TPSA) is 69.2 Å². The molecule has 1 aromatic heterocycles. The number of allylic oxidation sites excluding steroid dienone is 1. The predicted molar refractivity (Wildman–Crippen MR) is 68.5 cm³/mol. The Balaban J connectivity index is 1.78. The highest BCUT2D eigenvalue weighted by atomic mass is 19.1. The van der Waals surface area contributed by atoms with E-state index in [1.54, 1.807) is 0 Å². The highest BCUT2D eigenvalue weighted by Gasteiger charge is 2.42. The number of rotatable bonds is 2. The lowest BCUT2D eigenvalue weighted by atomic mass is 10.1. The Kier molecular flexibility index (Phi) is 2.79. The molecule has 6 heteroatoms. The largest absolute Gasteiger partial charge is 0.388 e. The van der Waals surface area contributed by atoms with E-state index in [-0.39, 0.29) is 12.1 Å². The van der Waals surface area contributed by atoms with Gasteiger partial charge in [0.15, 0.2) is 0 Å². The van der Waals surface area contributed by atoms with Crippen molar-refractivity contribution >= 4 is 5.57 Å². The van der Waals surface area contributed by atoms with E-state index in [1.165, 1.54) is 13.3 Å². The molecule has 0 unspecified atom stereocenters. The number of H-pyrrole nitrogens is 1. The van der Waals surface area contributed by atoms with E-state index in [9.17, 15) is 14.3 Å². The first-order valence-electron chi connectivity index (χ1n) is 6.32. The molecule has 0 aromatic carbocycles. The van der Waals surface area contributed by atoms with Crippen LogP contribution in [0.2, 0.25) is 0 Å². The van der Waals surface area contributed by atoms with Gasteiger partial charge in [0, 0.05) is 25.2 Å². The van der Waals surface area contributed by atoms with Crippen LogP contribution in [-0.2, 0) is 6.42 Å². The van der Waals surface area contributed by atoms with Gasteiger partial charge in [-0.3, -0.25) is 9.69 Å². The number of nitrogens with zero attached hydrogens (tertiary/aromatic N) is 2. The van der Waals surface area contributed by atoms with Crippen LogP contribution in [0.15, 0.2) is 17.2 Å². The van der Waals surface area contributed by atoms with Gasteiger partial charge >= 0.3 is 0 Å². The van der Waals surface area contributed by atoms with Crippen molar-refractivity contribution in [2.75, 3.05) is 19.6 Å². The van der Waals surface area contributed by atoms with Crippen LogP contribution in [0.4, 0.5) is 4.39 Å². The van der Waals surface area contributed by atoms with Crippen LogP contribution in [0, 0.1) is 0 Å². The summed E-state index contributed by atoms with van der Waals surface area (Å²) in [4.78, 5) is 20.2. The molecule has 0 bridgehead atoms. The summed E-state index contributed by atoms with van der Waals surface area (Å²) in [7, 11) is 0. The standard InChI is InChI=1S/C13H16FN3O2/c1-13(14)6-17(5-10(13)18)4-8-2-3-9-11(8)15-7-16-12(9)19/h2,7,10,18H,3-6H2,1H3,(H,15,16,19)/t10-,13+/m1/s1. The van der Waals surface area contributed by atoms with Gasteiger partial charge in [-0.1, -0.05) is 6.08 Å². The second kappa shape index (κ2) is 4.25. The van der Waals surface area contributed by atoms with E-state index in [0.29, 0.717) is 30.8 Å². The maximum atomic E-state index is 13.9. The van der Waals surface area contributed by atoms with Gasteiger partial charge in [-0.15, -0.1) is 0 Å². The Bertz CT molecular complexity index is 594. The Morgan fingerprint density at radius 2 is 2.47 bits per heavy atom. The molecule has 1 saturated heterocycles. The van der Waals surface area contributed by atoms with Crippen LogP contribution in [-0.4, -0.2) is 51.4 Å². The first kappa shape index (κ1) is 12.5. The lowest BCUT2D eigenvalue weighted by Crippen LogP contribution is -2.32. The number of halogens is 1. The number of aliphatic hydroxyl groups excluding tert-OH is 1. The molecule has 1 fully saturated rings. The lowest BCUT2D eigenvalue weighted by Gasteiger charge is -2.17. The quantitative estimate of drug-likeness (QED) is 0.796. The SMILES string of the molecule is C[C@]1(F)CN(CC2=CCc3c2nc[nH]c3=O)C[C@H]1O. The normalized spacial score (nSPS) is 30.5. The zero-order valence-electron chi connectivity index (χ0n) is 10.7. The smallest absolute Gasteiger partial charge is 0.254 e. The van der Waals surface area contributed by atoms with E-state index in [4.69, 9.17) is 0 Å². The van der Waals surface area contributed by atoms with Crippen molar-refractivity contribution in [2.24, 2.45) is 0 Å². The van der Waals surface area contributed by atoms with Crippen molar-refractivity contribution in [3.8, 4) is 0 Å². The number of aromatic nitrogens is 2. The minimum absolute atomic E-state index is 0.118.